The summed E-state index contributed by atoms with van der Waals surface area (Å²) >= 11 is 0. The van der Waals surface area contributed by atoms with Gasteiger partial charge in [-0.3, -0.25) is 0 Å². The Kier molecular flexibility index (Phi) is 5.07. The molecular formula is C13H18N2O2. The van der Waals surface area contributed by atoms with E-state index in [0.717, 1.165) is 11.3 Å². The van der Waals surface area contributed by atoms with Crippen LogP contribution in [0.15, 0.2) is 30.5 Å². The first-order chi connectivity index (χ1) is 8.11. The highest BCUT2D eigenvalue weighted by atomic mass is 16.5. The SMILES string of the molecule is COc1cccc(/C=C/NC(=O)NC(C)C)c1. The molecule has 4 heteroatoms. The topological polar surface area (TPSA) is 50.4 Å². The summed E-state index contributed by atoms with van der Waals surface area (Å²) < 4.78 is 5.10. The zero-order chi connectivity index (χ0) is 12.7. The van der Waals surface area contributed by atoms with Gasteiger partial charge in [0.25, 0.3) is 0 Å². The molecule has 0 aliphatic carbocycles. The fourth-order valence-electron chi connectivity index (χ4n) is 1.26. The van der Waals surface area contributed by atoms with Gasteiger partial charge in [-0.1, -0.05) is 12.1 Å². The fourth-order valence-corrected chi connectivity index (χ4v) is 1.26. The lowest BCUT2D eigenvalue weighted by molar-refractivity contribution is 0.242. The first-order valence-electron chi connectivity index (χ1n) is 5.49. The lowest BCUT2D eigenvalue weighted by Gasteiger charge is -2.06. The number of urea groups is 1. The number of carbonyl (C=O) groups is 1. The van der Waals surface area contributed by atoms with Gasteiger partial charge in [0.05, 0.1) is 7.11 Å². The molecule has 17 heavy (non-hydrogen) atoms. The molecule has 0 saturated heterocycles. The van der Waals surface area contributed by atoms with E-state index in [9.17, 15) is 4.79 Å². The Balaban J connectivity index is 2.50. The number of nitrogens with one attached hydrogen (secondary N) is 2. The van der Waals surface area contributed by atoms with Crippen LogP contribution in [-0.2, 0) is 0 Å². The second-order valence-electron chi connectivity index (χ2n) is 3.88. The first-order valence-corrected chi connectivity index (χ1v) is 5.49. The third-order valence-corrected chi connectivity index (χ3v) is 2.00. The molecule has 1 aromatic carbocycles. The molecule has 4 nitrogen and oxygen atoms in total. The number of hydrogen-bond acceptors (Lipinski definition) is 2. The van der Waals surface area contributed by atoms with E-state index in [0.29, 0.717) is 0 Å². The first kappa shape index (κ1) is 13.1. The Morgan fingerprint density at radius 3 is 2.82 bits per heavy atom. The minimum atomic E-state index is -0.209. The van der Waals surface area contributed by atoms with Gasteiger partial charge in [-0.15, -0.1) is 0 Å². The molecule has 0 atom stereocenters. The van der Waals surface area contributed by atoms with Crippen LogP contribution >= 0.6 is 0 Å². The molecule has 0 unspecified atom stereocenters. The summed E-state index contributed by atoms with van der Waals surface area (Å²) in [6.07, 6.45) is 3.41. The lowest BCUT2D eigenvalue weighted by Crippen LogP contribution is -2.36. The van der Waals surface area contributed by atoms with Gasteiger partial charge >= 0.3 is 6.03 Å². The summed E-state index contributed by atoms with van der Waals surface area (Å²) in [5.41, 5.74) is 0.967. The minimum Gasteiger partial charge on any atom is -0.497 e. The Morgan fingerprint density at radius 2 is 2.18 bits per heavy atom. The van der Waals surface area contributed by atoms with Crippen molar-refractivity contribution in [2.75, 3.05) is 7.11 Å². The van der Waals surface area contributed by atoms with Gasteiger partial charge in [-0.05, 0) is 37.6 Å². The molecule has 0 radical (unpaired) electrons. The zero-order valence-electron chi connectivity index (χ0n) is 10.4. The van der Waals surface area contributed by atoms with E-state index in [1.165, 1.54) is 0 Å². The van der Waals surface area contributed by atoms with Crippen molar-refractivity contribution in [3.8, 4) is 5.75 Å². The van der Waals surface area contributed by atoms with Crippen molar-refractivity contribution < 1.29 is 9.53 Å². The Bertz CT molecular complexity index is 400. The van der Waals surface area contributed by atoms with Gasteiger partial charge in [-0.25, -0.2) is 4.79 Å². The number of rotatable bonds is 4. The Labute approximate surface area is 102 Å². The monoisotopic (exact) mass is 234 g/mol. The highest BCUT2D eigenvalue weighted by Gasteiger charge is 1.98. The van der Waals surface area contributed by atoms with Crippen molar-refractivity contribution in [3.63, 3.8) is 0 Å². The average molecular weight is 234 g/mol. The molecule has 0 heterocycles. The standard InChI is InChI=1S/C13H18N2O2/c1-10(2)15-13(16)14-8-7-11-5-4-6-12(9-11)17-3/h4-10H,1-3H3,(H2,14,15,16)/b8-7+. The molecule has 1 aromatic rings. The molecule has 0 fully saturated rings. The maximum Gasteiger partial charge on any atom is 0.318 e. The van der Waals surface area contributed by atoms with Crippen LogP contribution in [0, 0.1) is 0 Å². The summed E-state index contributed by atoms with van der Waals surface area (Å²) in [5.74, 6) is 0.791. The third kappa shape index (κ3) is 5.06. The molecule has 92 valence electrons. The maximum absolute atomic E-state index is 11.3. The zero-order valence-corrected chi connectivity index (χ0v) is 10.4. The minimum absolute atomic E-state index is 0.125. The Morgan fingerprint density at radius 1 is 1.41 bits per heavy atom. The predicted molar refractivity (Wildman–Crippen MR) is 68.8 cm³/mol. The van der Waals surface area contributed by atoms with Crippen molar-refractivity contribution in [3.05, 3.63) is 36.0 Å². The number of carbonyl (C=O) groups excluding carboxylic acids is 1. The van der Waals surface area contributed by atoms with Crippen LogP contribution in [-0.4, -0.2) is 19.2 Å². The molecule has 1 rings (SSSR count). The summed E-state index contributed by atoms with van der Waals surface area (Å²) in [6.45, 7) is 3.82. The molecular weight excluding hydrogens is 216 g/mol. The number of benzene rings is 1. The highest BCUT2D eigenvalue weighted by molar-refractivity contribution is 5.76. The molecule has 0 aromatic heterocycles. The normalized spacial score (nSPS) is 10.6. The number of methoxy groups -OCH3 is 1. The summed E-state index contributed by atoms with van der Waals surface area (Å²) in [6, 6.07) is 7.50. The van der Waals surface area contributed by atoms with Gasteiger partial charge in [-0.2, -0.15) is 0 Å². The predicted octanol–water partition coefficient (Wildman–Crippen LogP) is 2.37. The lowest BCUT2D eigenvalue weighted by atomic mass is 10.2. The summed E-state index contributed by atoms with van der Waals surface area (Å²) in [4.78, 5) is 11.3. The van der Waals surface area contributed by atoms with E-state index in [-0.39, 0.29) is 12.1 Å². The molecule has 2 N–H and O–H groups in total. The fraction of sp³-hybridized carbons (Fsp3) is 0.308. The van der Waals surface area contributed by atoms with Crippen LogP contribution in [0.2, 0.25) is 0 Å². The van der Waals surface area contributed by atoms with E-state index in [1.54, 1.807) is 13.3 Å². The van der Waals surface area contributed by atoms with Crippen molar-refractivity contribution >= 4 is 12.1 Å². The van der Waals surface area contributed by atoms with Crippen molar-refractivity contribution in [1.29, 1.82) is 0 Å². The van der Waals surface area contributed by atoms with Crippen LogP contribution in [0.5, 0.6) is 5.75 Å². The summed E-state index contributed by atoms with van der Waals surface area (Å²) in [5, 5.41) is 5.35. The average Bonchev–Trinajstić information content (AvgIpc) is 2.28. The molecule has 0 aliphatic heterocycles. The number of ether oxygens (including phenoxy) is 1. The number of amides is 2. The van der Waals surface area contributed by atoms with Gasteiger partial charge in [0.15, 0.2) is 0 Å². The van der Waals surface area contributed by atoms with E-state index in [1.807, 2.05) is 44.2 Å². The second kappa shape index (κ2) is 6.58. The van der Waals surface area contributed by atoms with Gasteiger partial charge < -0.3 is 15.4 Å². The largest absolute Gasteiger partial charge is 0.497 e. The van der Waals surface area contributed by atoms with E-state index < -0.39 is 0 Å². The maximum atomic E-state index is 11.3. The van der Waals surface area contributed by atoms with Crippen LogP contribution in [0.1, 0.15) is 19.4 Å². The van der Waals surface area contributed by atoms with Crippen molar-refractivity contribution in [1.82, 2.24) is 10.6 Å². The molecule has 0 aliphatic rings. The van der Waals surface area contributed by atoms with Crippen LogP contribution in [0.4, 0.5) is 4.79 Å². The van der Waals surface area contributed by atoms with Crippen molar-refractivity contribution in [2.24, 2.45) is 0 Å². The summed E-state index contributed by atoms with van der Waals surface area (Å²) in [7, 11) is 1.62. The molecule has 0 saturated carbocycles. The third-order valence-electron chi connectivity index (χ3n) is 2.00. The van der Waals surface area contributed by atoms with Crippen molar-refractivity contribution in [2.45, 2.75) is 19.9 Å². The smallest absolute Gasteiger partial charge is 0.318 e. The number of hydrogen-bond donors (Lipinski definition) is 2. The van der Waals surface area contributed by atoms with Gasteiger partial charge in [0, 0.05) is 12.2 Å². The van der Waals surface area contributed by atoms with Crippen LogP contribution in [0.25, 0.3) is 6.08 Å². The van der Waals surface area contributed by atoms with Gasteiger partial charge in [0.2, 0.25) is 0 Å². The molecule has 0 spiro atoms. The quantitative estimate of drug-likeness (QED) is 0.840. The van der Waals surface area contributed by atoms with Crippen LogP contribution < -0.4 is 15.4 Å². The Hall–Kier alpha value is -1.97. The van der Waals surface area contributed by atoms with E-state index >= 15 is 0 Å². The highest BCUT2D eigenvalue weighted by Crippen LogP contribution is 2.13. The van der Waals surface area contributed by atoms with Gasteiger partial charge in [0.1, 0.15) is 5.75 Å². The molecule has 2 amide bonds. The van der Waals surface area contributed by atoms with E-state index in [2.05, 4.69) is 10.6 Å². The second-order valence-corrected chi connectivity index (χ2v) is 3.88. The van der Waals surface area contributed by atoms with E-state index in [4.69, 9.17) is 4.74 Å². The molecule has 0 bridgehead atoms. The van der Waals surface area contributed by atoms with Crippen LogP contribution in [0.3, 0.4) is 0 Å².